The molecule has 1 aliphatic carbocycles. The quantitative estimate of drug-likeness (QED) is 0.179. The van der Waals surface area contributed by atoms with Crippen LogP contribution in [-0.4, -0.2) is 15.7 Å². The summed E-state index contributed by atoms with van der Waals surface area (Å²) in [7, 11) is 0. The number of para-hydroxylation sites is 3. The van der Waals surface area contributed by atoms with Crippen LogP contribution in [0.4, 0.5) is 0 Å². The molecule has 2 heterocycles. The van der Waals surface area contributed by atoms with Gasteiger partial charge in [-0.25, -0.2) is 4.98 Å². The molecule has 2 unspecified atom stereocenters. The fourth-order valence-corrected chi connectivity index (χ4v) is 7.99. The molecule has 0 bridgehead atoms. The predicted molar refractivity (Wildman–Crippen MR) is 225 cm³/mol. The third-order valence-electron chi connectivity index (χ3n) is 11.1. The van der Waals surface area contributed by atoms with Crippen molar-refractivity contribution in [1.82, 2.24) is 9.55 Å². The molecule has 7 aromatic rings. The monoisotopic (exact) mass is 702 g/mol. The van der Waals surface area contributed by atoms with Crippen LogP contribution in [0.5, 0.6) is 5.75 Å². The minimum atomic E-state index is -0.0691. The molecule has 3 nitrogen and oxygen atoms in total. The van der Waals surface area contributed by atoms with Gasteiger partial charge in [-0.05, 0) is 98.3 Å². The molecule has 266 valence electrons. The Morgan fingerprint density at radius 3 is 1.93 bits per heavy atom. The standard InChI is InChI=1S/C51H46N2O/c1-50(2,3)39-24-19-33(20-25-39)35-23-28-47-43(30-35)44-32-38(34-21-26-40(27-22-34)51(4,5)6)31-42(48(44)54-47)36-13-12-14-37(29-36)49-52-45-17-10-11-18-46(45)53(49)41-15-8-7-9-16-41/h7-32,43,47H,1-6H3. The lowest BCUT2D eigenvalue weighted by Gasteiger charge is -2.21. The van der Waals surface area contributed by atoms with Crippen molar-refractivity contribution in [2.45, 2.75) is 64.4 Å². The fourth-order valence-electron chi connectivity index (χ4n) is 7.99. The first kappa shape index (κ1) is 33.9. The third kappa shape index (κ3) is 6.08. The minimum absolute atomic E-state index is 0.0691. The normalized spacial score (nSPS) is 16.5. The maximum Gasteiger partial charge on any atom is 0.145 e. The van der Waals surface area contributed by atoms with Crippen LogP contribution in [0.1, 0.15) is 69.7 Å². The lowest BCUT2D eigenvalue weighted by Crippen LogP contribution is -2.17. The number of hydrogen-bond acceptors (Lipinski definition) is 2. The Hall–Kier alpha value is -5.93. The molecule has 2 atom stereocenters. The van der Waals surface area contributed by atoms with Gasteiger partial charge in [-0.1, -0.05) is 151 Å². The largest absolute Gasteiger partial charge is 0.484 e. The van der Waals surface area contributed by atoms with E-state index in [0.717, 1.165) is 45.0 Å². The maximum atomic E-state index is 6.93. The van der Waals surface area contributed by atoms with Gasteiger partial charge in [0.25, 0.3) is 0 Å². The zero-order chi connectivity index (χ0) is 37.2. The lowest BCUT2D eigenvalue weighted by atomic mass is 9.82. The molecule has 3 heteroatoms. The van der Waals surface area contributed by atoms with E-state index in [1.807, 2.05) is 0 Å². The van der Waals surface area contributed by atoms with Gasteiger partial charge >= 0.3 is 0 Å². The molecule has 6 aromatic carbocycles. The Kier molecular flexibility index (Phi) is 8.08. The van der Waals surface area contributed by atoms with Crippen LogP contribution < -0.4 is 4.74 Å². The van der Waals surface area contributed by atoms with Crippen LogP contribution in [0.2, 0.25) is 0 Å². The Balaban J connectivity index is 1.19. The van der Waals surface area contributed by atoms with Crippen LogP contribution in [0, 0.1) is 0 Å². The van der Waals surface area contributed by atoms with Crippen LogP contribution >= 0.6 is 0 Å². The average Bonchev–Trinajstić information content (AvgIpc) is 3.76. The second kappa shape index (κ2) is 12.9. The van der Waals surface area contributed by atoms with Crippen molar-refractivity contribution < 1.29 is 4.74 Å². The van der Waals surface area contributed by atoms with Gasteiger partial charge in [0.15, 0.2) is 0 Å². The van der Waals surface area contributed by atoms with Gasteiger partial charge in [0.05, 0.1) is 11.0 Å². The molecule has 0 saturated heterocycles. The Bertz CT molecular complexity index is 2570. The second-order valence-corrected chi connectivity index (χ2v) is 16.9. The second-order valence-electron chi connectivity index (χ2n) is 16.9. The van der Waals surface area contributed by atoms with E-state index in [0.29, 0.717) is 0 Å². The smallest absolute Gasteiger partial charge is 0.145 e. The van der Waals surface area contributed by atoms with E-state index in [1.54, 1.807) is 0 Å². The first-order valence-electron chi connectivity index (χ1n) is 19.1. The number of benzene rings is 6. The first-order chi connectivity index (χ1) is 26.0. The van der Waals surface area contributed by atoms with Crippen LogP contribution in [-0.2, 0) is 10.8 Å². The number of fused-ring (bicyclic) bond motifs is 4. The van der Waals surface area contributed by atoms with E-state index in [9.17, 15) is 0 Å². The fraction of sp³-hybridized carbons (Fsp3) is 0.196. The van der Waals surface area contributed by atoms with Crippen molar-refractivity contribution >= 4 is 16.6 Å². The molecule has 0 amide bonds. The molecule has 0 radical (unpaired) electrons. The molecule has 0 saturated carbocycles. The van der Waals surface area contributed by atoms with E-state index in [2.05, 4.69) is 204 Å². The number of aromatic nitrogens is 2. The minimum Gasteiger partial charge on any atom is -0.484 e. The van der Waals surface area contributed by atoms with Gasteiger partial charge in [-0.2, -0.15) is 0 Å². The molecular weight excluding hydrogens is 657 g/mol. The number of imidazole rings is 1. The van der Waals surface area contributed by atoms with Gasteiger partial charge in [0.1, 0.15) is 17.7 Å². The number of rotatable bonds is 5. The van der Waals surface area contributed by atoms with Crippen molar-refractivity contribution in [3.8, 4) is 45.1 Å². The van der Waals surface area contributed by atoms with Crippen LogP contribution in [0.3, 0.4) is 0 Å². The third-order valence-corrected chi connectivity index (χ3v) is 11.1. The zero-order valence-electron chi connectivity index (χ0n) is 32.0. The lowest BCUT2D eigenvalue weighted by molar-refractivity contribution is 0.270. The highest BCUT2D eigenvalue weighted by atomic mass is 16.5. The topological polar surface area (TPSA) is 27.1 Å². The summed E-state index contributed by atoms with van der Waals surface area (Å²) < 4.78 is 9.20. The summed E-state index contributed by atoms with van der Waals surface area (Å²) in [4.78, 5) is 5.19. The summed E-state index contributed by atoms with van der Waals surface area (Å²) in [5, 5.41) is 0. The molecule has 0 spiro atoms. The van der Waals surface area contributed by atoms with E-state index in [1.165, 1.54) is 39.0 Å². The van der Waals surface area contributed by atoms with Gasteiger partial charge in [0, 0.05) is 28.3 Å². The molecule has 2 aliphatic rings. The average molecular weight is 703 g/mol. The molecule has 0 N–H and O–H groups in total. The molecule has 1 aromatic heterocycles. The Morgan fingerprint density at radius 1 is 0.574 bits per heavy atom. The van der Waals surface area contributed by atoms with Gasteiger partial charge in [0.2, 0.25) is 0 Å². The number of allylic oxidation sites excluding steroid dienone is 2. The number of nitrogens with zero attached hydrogens (tertiary/aromatic N) is 2. The summed E-state index contributed by atoms with van der Waals surface area (Å²) in [6.45, 7) is 13.6. The van der Waals surface area contributed by atoms with Gasteiger partial charge in [-0.3, -0.25) is 4.57 Å². The van der Waals surface area contributed by atoms with E-state index in [-0.39, 0.29) is 22.9 Å². The van der Waals surface area contributed by atoms with Gasteiger partial charge < -0.3 is 4.74 Å². The molecule has 9 rings (SSSR count). The highest BCUT2D eigenvalue weighted by molar-refractivity contribution is 5.87. The predicted octanol–water partition coefficient (Wildman–Crippen LogP) is 13.1. The van der Waals surface area contributed by atoms with Crippen molar-refractivity contribution in [2.75, 3.05) is 0 Å². The van der Waals surface area contributed by atoms with E-state index < -0.39 is 0 Å². The summed E-state index contributed by atoms with van der Waals surface area (Å²) in [5.74, 6) is 1.97. The molecular formula is C51H46N2O. The highest BCUT2D eigenvalue weighted by Crippen LogP contribution is 2.50. The summed E-state index contributed by atoms with van der Waals surface area (Å²) in [6, 6.07) is 50.6. The number of ether oxygens (including phenoxy) is 1. The molecule has 1 aliphatic heterocycles. The zero-order valence-corrected chi connectivity index (χ0v) is 32.0. The van der Waals surface area contributed by atoms with Gasteiger partial charge in [-0.15, -0.1) is 0 Å². The van der Waals surface area contributed by atoms with Crippen LogP contribution in [0.25, 0.3) is 55.9 Å². The first-order valence-corrected chi connectivity index (χ1v) is 19.1. The van der Waals surface area contributed by atoms with Crippen molar-refractivity contribution in [1.29, 1.82) is 0 Å². The summed E-state index contributed by atoms with van der Waals surface area (Å²) in [6.07, 6.45) is 6.83. The molecule has 0 fully saturated rings. The van der Waals surface area contributed by atoms with Crippen molar-refractivity contribution in [2.24, 2.45) is 0 Å². The Labute approximate surface area is 319 Å². The van der Waals surface area contributed by atoms with E-state index >= 15 is 0 Å². The molecule has 54 heavy (non-hydrogen) atoms. The van der Waals surface area contributed by atoms with E-state index in [4.69, 9.17) is 9.72 Å². The van der Waals surface area contributed by atoms with Crippen LogP contribution in [0.15, 0.2) is 158 Å². The Morgan fingerprint density at radius 2 is 1.22 bits per heavy atom. The summed E-state index contributed by atoms with van der Waals surface area (Å²) in [5.41, 5.74) is 15.3. The highest BCUT2D eigenvalue weighted by Gasteiger charge is 2.36. The van der Waals surface area contributed by atoms with Crippen molar-refractivity contribution in [3.05, 3.63) is 180 Å². The number of hydrogen-bond donors (Lipinski definition) is 0. The van der Waals surface area contributed by atoms with Crippen molar-refractivity contribution in [3.63, 3.8) is 0 Å². The maximum absolute atomic E-state index is 6.93. The summed E-state index contributed by atoms with van der Waals surface area (Å²) >= 11 is 0. The SMILES string of the molecule is CC(C)(C)c1ccc(C2=CC3c4cc(-c5ccc(C(C)(C)C)cc5)cc(-c5cccc(-c6nc7ccccc7n6-c6ccccc6)c5)c4OC3C=C2)cc1.